The second kappa shape index (κ2) is 7.27. The first-order valence-corrected chi connectivity index (χ1v) is 10.6. The highest BCUT2D eigenvalue weighted by Crippen LogP contribution is 2.35. The lowest BCUT2D eigenvalue weighted by Gasteiger charge is -2.27. The maximum atomic E-state index is 13.0. The first-order valence-electron chi connectivity index (χ1n) is 9.71. The Kier molecular flexibility index (Phi) is 4.52. The van der Waals surface area contributed by atoms with Gasteiger partial charge in [0.25, 0.3) is 5.91 Å². The number of methoxy groups -OCH3 is 1. The van der Waals surface area contributed by atoms with E-state index in [1.165, 1.54) is 11.3 Å². The smallest absolute Gasteiger partial charge is 0.322 e. The van der Waals surface area contributed by atoms with Crippen molar-refractivity contribution in [2.75, 3.05) is 12.8 Å². The number of nitrogen functional groups attached to an aromatic ring is 1. The number of nitrogens with zero attached hydrogens (tertiary/aromatic N) is 2. The van der Waals surface area contributed by atoms with Crippen molar-refractivity contribution in [3.05, 3.63) is 59.6 Å². The number of carbonyl (C=O) groups is 2. The van der Waals surface area contributed by atoms with Crippen LogP contribution in [0.3, 0.4) is 0 Å². The summed E-state index contributed by atoms with van der Waals surface area (Å²) in [6, 6.07) is 11.9. The highest BCUT2D eigenvalue weighted by molar-refractivity contribution is 7.13. The molecule has 10 heteroatoms. The second-order valence-electron chi connectivity index (χ2n) is 7.50. The summed E-state index contributed by atoms with van der Waals surface area (Å²) in [6.45, 7) is -0.00357. The van der Waals surface area contributed by atoms with Crippen LogP contribution in [0.2, 0.25) is 0 Å². The monoisotopic (exact) mass is 449 g/mol. The summed E-state index contributed by atoms with van der Waals surface area (Å²) in [6.07, 6.45) is 1.73. The zero-order chi connectivity index (χ0) is 22.5. The molecule has 1 aliphatic heterocycles. The molecule has 0 radical (unpaired) electrons. The third kappa shape index (κ3) is 3.12. The summed E-state index contributed by atoms with van der Waals surface area (Å²) in [5, 5.41) is 19.6. The number of aromatic nitrogens is 2. The Morgan fingerprint density at radius 3 is 2.62 bits per heavy atom. The van der Waals surface area contributed by atoms with E-state index in [4.69, 9.17) is 10.5 Å². The van der Waals surface area contributed by atoms with E-state index in [9.17, 15) is 14.7 Å². The Morgan fingerprint density at radius 1 is 1.22 bits per heavy atom. The van der Waals surface area contributed by atoms with Gasteiger partial charge in [0.15, 0.2) is 16.6 Å². The van der Waals surface area contributed by atoms with E-state index >= 15 is 0 Å². The minimum Gasteiger partial charge on any atom is -0.497 e. The van der Waals surface area contributed by atoms with Gasteiger partial charge in [-0.1, -0.05) is 24.3 Å². The third-order valence-corrected chi connectivity index (χ3v) is 6.29. The molecule has 5 rings (SSSR count). The molecule has 3 amide bonds. The maximum absolute atomic E-state index is 13.0. The number of urea groups is 1. The molecule has 5 N–H and O–H groups in total. The van der Waals surface area contributed by atoms with Gasteiger partial charge in [0.05, 0.1) is 19.3 Å². The van der Waals surface area contributed by atoms with Crippen molar-refractivity contribution in [1.82, 2.24) is 20.2 Å². The van der Waals surface area contributed by atoms with Gasteiger partial charge >= 0.3 is 6.03 Å². The number of thiazole rings is 1. The van der Waals surface area contributed by atoms with Crippen LogP contribution in [0.25, 0.3) is 22.0 Å². The van der Waals surface area contributed by atoms with E-state index in [1.807, 2.05) is 23.6 Å². The van der Waals surface area contributed by atoms with Crippen LogP contribution in [0.5, 0.6) is 11.6 Å². The van der Waals surface area contributed by atoms with Crippen molar-refractivity contribution in [3.8, 4) is 22.9 Å². The molecular weight excluding hydrogens is 430 g/mol. The van der Waals surface area contributed by atoms with Crippen LogP contribution in [0, 0.1) is 0 Å². The lowest BCUT2D eigenvalue weighted by atomic mass is 9.89. The van der Waals surface area contributed by atoms with Gasteiger partial charge < -0.3 is 25.5 Å². The fourth-order valence-electron chi connectivity index (χ4n) is 3.97. The zero-order valence-corrected chi connectivity index (χ0v) is 17.8. The van der Waals surface area contributed by atoms with E-state index in [1.54, 1.807) is 42.1 Å². The molecule has 4 aromatic rings. The molecule has 1 saturated heterocycles. The summed E-state index contributed by atoms with van der Waals surface area (Å²) < 4.78 is 6.78. The molecule has 32 heavy (non-hydrogen) atoms. The van der Waals surface area contributed by atoms with Gasteiger partial charge in [-0.15, -0.1) is 11.3 Å². The number of imide groups is 1. The van der Waals surface area contributed by atoms with Crippen molar-refractivity contribution in [2.45, 2.75) is 12.1 Å². The summed E-state index contributed by atoms with van der Waals surface area (Å²) in [4.78, 5) is 29.3. The van der Waals surface area contributed by atoms with Crippen LogP contribution < -0.4 is 21.1 Å². The van der Waals surface area contributed by atoms with Crippen molar-refractivity contribution in [2.24, 2.45) is 0 Å². The molecule has 1 fully saturated rings. The van der Waals surface area contributed by atoms with Crippen LogP contribution >= 0.6 is 11.3 Å². The molecule has 2 aromatic carbocycles. The number of amides is 3. The molecule has 0 spiro atoms. The third-order valence-electron chi connectivity index (χ3n) is 5.61. The molecule has 2 aromatic heterocycles. The minimum atomic E-state index is -1.40. The van der Waals surface area contributed by atoms with Crippen molar-refractivity contribution >= 4 is 39.2 Å². The average Bonchev–Trinajstić information content (AvgIpc) is 3.44. The van der Waals surface area contributed by atoms with Crippen LogP contribution in [-0.2, 0) is 16.9 Å². The lowest BCUT2D eigenvalue weighted by molar-refractivity contribution is -0.124. The zero-order valence-electron chi connectivity index (χ0n) is 17.0. The van der Waals surface area contributed by atoms with Gasteiger partial charge in [-0.05, 0) is 23.8 Å². The summed E-state index contributed by atoms with van der Waals surface area (Å²) in [5.74, 6) is 0.0788. The first kappa shape index (κ1) is 19.9. The fraction of sp³-hybridized carbons (Fsp3) is 0.136. The van der Waals surface area contributed by atoms with Gasteiger partial charge in [0.2, 0.25) is 0 Å². The molecule has 0 unspecified atom stereocenters. The molecule has 1 atom stereocenters. The molecule has 3 heterocycles. The van der Waals surface area contributed by atoms with Crippen LogP contribution in [-0.4, -0.2) is 33.7 Å². The predicted octanol–water partition coefficient (Wildman–Crippen LogP) is 2.80. The number of fused-ring (bicyclic) bond motifs is 1. The number of aromatic hydroxyl groups is 1. The SMILES string of the molecule is COc1ccc2cn(C[C@@]3(c4ccc(-c5csc(N)n5)cc4)NC(=O)NC3=O)c(O)c2c1. The quantitative estimate of drug-likeness (QED) is 0.347. The number of carbonyl (C=O) groups excluding carboxylic acids is 2. The van der Waals surface area contributed by atoms with E-state index in [0.29, 0.717) is 21.8 Å². The molecule has 0 bridgehead atoms. The van der Waals surface area contributed by atoms with Gasteiger partial charge in [-0.3, -0.25) is 10.1 Å². The number of anilines is 1. The highest BCUT2D eigenvalue weighted by atomic mass is 32.1. The van der Waals surface area contributed by atoms with Gasteiger partial charge in [-0.2, -0.15) is 0 Å². The highest BCUT2D eigenvalue weighted by Gasteiger charge is 2.48. The number of rotatable bonds is 5. The molecule has 1 aliphatic rings. The number of nitrogens with one attached hydrogen (secondary N) is 2. The van der Waals surface area contributed by atoms with Crippen molar-refractivity contribution in [1.29, 1.82) is 0 Å². The van der Waals surface area contributed by atoms with E-state index in [2.05, 4.69) is 15.6 Å². The Balaban J connectivity index is 1.56. The normalized spacial score (nSPS) is 18.0. The summed E-state index contributed by atoms with van der Waals surface area (Å²) in [7, 11) is 1.55. The topological polar surface area (TPSA) is 131 Å². The standard InChI is InChI=1S/C22H19N5O4S/c1-31-15-7-4-13-9-27(18(28)16(13)8-15)11-22(19(29)25-21(30)26-22)14-5-2-12(3-6-14)17-10-32-20(23)24-17/h2-10,28H,11H2,1H3,(H2,23,24)(H2,25,26,29,30)/t22-/m0/s1. The predicted molar refractivity (Wildman–Crippen MR) is 120 cm³/mol. The number of hydrogen-bond donors (Lipinski definition) is 4. The van der Waals surface area contributed by atoms with Crippen molar-refractivity contribution < 1.29 is 19.4 Å². The largest absolute Gasteiger partial charge is 0.497 e. The molecule has 0 aliphatic carbocycles. The Bertz CT molecular complexity index is 1360. The van der Waals surface area contributed by atoms with Crippen LogP contribution in [0.15, 0.2) is 54.0 Å². The number of hydrogen-bond acceptors (Lipinski definition) is 7. The van der Waals surface area contributed by atoms with E-state index in [0.717, 1.165) is 16.6 Å². The van der Waals surface area contributed by atoms with Gasteiger partial charge in [-0.25, -0.2) is 9.78 Å². The summed E-state index contributed by atoms with van der Waals surface area (Å²) >= 11 is 1.34. The Hall–Kier alpha value is -4.05. The minimum absolute atomic E-state index is 0.00357. The fourth-order valence-corrected chi connectivity index (χ4v) is 4.54. The number of ether oxygens (including phenoxy) is 1. The Labute approximate surface area is 186 Å². The second-order valence-corrected chi connectivity index (χ2v) is 8.39. The molecule has 0 saturated carbocycles. The van der Waals surface area contributed by atoms with E-state index < -0.39 is 17.5 Å². The first-order chi connectivity index (χ1) is 15.4. The molecule has 162 valence electrons. The van der Waals surface area contributed by atoms with Gasteiger partial charge in [0, 0.05) is 27.9 Å². The molecular formula is C22H19N5O4S. The van der Waals surface area contributed by atoms with Crippen molar-refractivity contribution in [3.63, 3.8) is 0 Å². The van der Waals surface area contributed by atoms with Gasteiger partial charge in [0.1, 0.15) is 5.75 Å². The Morgan fingerprint density at radius 2 is 2.00 bits per heavy atom. The lowest BCUT2D eigenvalue weighted by Crippen LogP contribution is -2.47. The average molecular weight is 449 g/mol. The number of benzene rings is 2. The number of nitrogens with two attached hydrogens (primary N) is 1. The summed E-state index contributed by atoms with van der Waals surface area (Å²) in [5.41, 5.74) is 6.47. The van der Waals surface area contributed by atoms with Crippen LogP contribution in [0.4, 0.5) is 9.93 Å². The van der Waals surface area contributed by atoms with Crippen LogP contribution in [0.1, 0.15) is 5.56 Å². The van der Waals surface area contributed by atoms with E-state index in [-0.39, 0.29) is 12.4 Å². The molecule has 9 nitrogen and oxygen atoms in total. The maximum Gasteiger partial charge on any atom is 0.322 e.